The third-order valence-electron chi connectivity index (χ3n) is 4.25. The fourth-order valence-electron chi connectivity index (χ4n) is 2.63. The summed E-state index contributed by atoms with van der Waals surface area (Å²) in [6.45, 7) is 0.701. The number of nitrogens with one attached hydrogen (secondary N) is 1. The zero-order valence-corrected chi connectivity index (χ0v) is 18.1. The summed E-state index contributed by atoms with van der Waals surface area (Å²) in [4.78, 5) is 16.4. The lowest BCUT2D eigenvalue weighted by Gasteiger charge is -2.15. The first kappa shape index (κ1) is 24.8. The maximum absolute atomic E-state index is 12.5. The van der Waals surface area contributed by atoms with Gasteiger partial charge in [0.1, 0.15) is 18.4 Å². The standard InChI is InChI=1S/C20H27N5O6S/c21-15-5-9-17(10-6-15)32(28,29)25-18(19(26)27)11-4-14-2-7-16(8-3-14)30-12-1-13-31-24-20(22)23/h2-3,5-10,18,25H,1,4,11-13,21H2,(H,26,27)(H4,22,23,24)/t18-/m0/s1. The van der Waals surface area contributed by atoms with Crippen LogP contribution in [0.2, 0.25) is 0 Å². The van der Waals surface area contributed by atoms with Gasteiger partial charge in [-0.25, -0.2) is 8.42 Å². The average Bonchev–Trinajstić information content (AvgIpc) is 2.74. The molecule has 2 aromatic carbocycles. The van der Waals surface area contributed by atoms with Crippen molar-refractivity contribution in [2.24, 2.45) is 16.6 Å². The second kappa shape index (κ2) is 11.8. The molecule has 0 aliphatic heterocycles. The van der Waals surface area contributed by atoms with E-state index in [-0.39, 0.29) is 17.3 Å². The summed E-state index contributed by atoms with van der Waals surface area (Å²) in [6, 6.07) is 11.3. The van der Waals surface area contributed by atoms with Crippen LogP contribution in [-0.2, 0) is 26.1 Å². The van der Waals surface area contributed by atoms with Crippen molar-refractivity contribution in [3.63, 3.8) is 0 Å². The Morgan fingerprint density at radius 1 is 1.06 bits per heavy atom. The highest BCUT2D eigenvalue weighted by molar-refractivity contribution is 7.89. The normalized spacial score (nSPS) is 12.0. The van der Waals surface area contributed by atoms with Crippen molar-refractivity contribution >= 4 is 27.6 Å². The van der Waals surface area contributed by atoms with E-state index in [2.05, 4.69) is 9.88 Å². The number of guanidine groups is 1. The van der Waals surface area contributed by atoms with Crippen molar-refractivity contribution in [1.82, 2.24) is 4.72 Å². The van der Waals surface area contributed by atoms with E-state index in [1.165, 1.54) is 24.3 Å². The summed E-state index contributed by atoms with van der Waals surface area (Å²) in [6.07, 6.45) is 1.01. The van der Waals surface area contributed by atoms with Gasteiger partial charge in [-0.3, -0.25) is 4.79 Å². The molecule has 0 saturated heterocycles. The number of nitrogens with zero attached hydrogens (tertiary/aromatic N) is 1. The Labute approximate surface area is 186 Å². The SMILES string of the molecule is NC(N)=NOCCCOc1ccc(CC[C@H](NS(=O)(=O)c2ccc(N)cc2)C(=O)O)cc1. The number of hydrogen-bond donors (Lipinski definition) is 5. The average molecular weight is 466 g/mol. The summed E-state index contributed by atoms with van der Waals surface area (Å²) in [7, 11) is -3.99. The van der Waals surface area contributed by atoms with Gasteiger partial charge in [-0.15, -0.1) is 0 Å². The molecule has 8 N–H and O–H groups in total. The molecule has 0 bridgehead atoms. The zero-order chi connectivity index (χ0) is 23.6. The van der Waals surface area contributed by atoms with E-state index in [1.807, 2.05) is 0 Å². The number of oxime groups is 1. The topological polar surface area (TPSA) is 192 Å². The van der Waals surface area contributed by atoms with Crippen LogP contribution in [0, 0.1) is 0 Å². The molecule has 174 valence electrons. The molecule has 0 fully saturated rings. The Morgan fingerprint density at radius 2 is 1.72 bits per heavy atom. The summed E-state index contributed by atoms with van der Waals surface area (Å²) in [5.41, 5.74) is 17.1. The molecule has 11 nitrogen and oxygen atoms in total. The highest BCUT2D eigenvalue weighted by Crippen LogP contribution is 2.16. The maximum atomic E-state index is 12.5. The number of carboxylic acid groups (broad SMARTS) is 1. The number of benzene rings is 2. The van der Waals surface area contributed by atoms with Crippen molar-refractivity contribution in [2.45, 2.75) is 30.2 Å². The predicted octanol–water partition coefficient (Wildman–Crippen LogP) is 0.607. The highest BCUT2D eigenvalue weighted by atomic mass is 32.2. The van der Waals surface area contributed by atoms with Gasteiger partial charge in [0.2, 0.25) is 16.0 Å². The molecule has 32 heavy (non-hydrogen) atoms. The van der Waals surface area contributed by atoms with E-state index in [0.29, 0.717) is 37.5 Å². The predicted molar refractivity (Wildman–Crippen MR) is 119 cm³/mol. The van der Waals surface area contributed by atoms with Gasteiger partial charge in [0.05, 0.1) is 11.5 Å². The van der Waals surface area contributed by atoms with Gasteiger partial charge in [0.25, 0.3) is 0 Å². The second-order valence-corrected chi connectivity index (χ2v) is 8.53. The van der Waals surface area contributed by atoms with Crippen LogP contribution in [0.5, 0.6) is 5.75 Å². The monoisotopic (exact) mass is 465 g/mol. The van der Waals surface area contributed by atoms with Gasteiger partial charge in [0, 0.05) is 12.1 Å². The summed E-state index contributed by atoms with van der Waals surface area (Å²) < 4.78 is 32.7. The molecule has 0 spiro atoms. The smallest absolute Gasteiger partial charge is 0.321 e. The van der Waals surface area contributed by atoms with Crippen molar-refractivity contribution in [3.8, 4) is 5.75 Å². The van der Waals surface area contributed by atoms with Crippen LogP contribution < -0.4 is 26.7 Å². The number of sulfonamides is 1. The van der Waals surface area contributed by atoms with E-state index in [0.717, 1.165) is 5.56 Å². The van der Waals surface area contributed by atoms with E-state index >= 15 is 0 Å². The number of carbonyl (C=O) groups is 1. The van der Waals surface area contributed by atoms with Gasteiger partial charge >= 0.3 is 5.97 Å². The molecule has 0 heterocycles. The number of hydrogen-bond acceptors (Lipinski definition) is 7. The number of nitrogen functional groups attached to an aromatic ring is 1. The van der Waals surface area contributed by atoms with Crippen LogP contribution in [0.15, 0.2) is 58.6 Å². The number of carboxylic acids is 1. The Kier molecular flexibility index (Phi) is 9.10. The lowest BCUT2D eigenvalue weighted by molar-refractivity contribution is -0.139. The van der Waals surface area contributed by atoms with Crippen molar-refractivity contribution in [2.75, 3.05) is 18.9 Å². The first-order valence-corrected chi connectivity index (χ1v) is 11.2. The minimum atomic E-state index is -3.99. The number of anilines is 1. The molecule has 2 rings (SSSR count). The van der Waals surface area contributed by atoms with Gasteiger partial charge in [-0.2, -0.15) is 4.72 Å². The summed E-state index contributed by atoms with van der Waals surface area (Å²) >= 11 is 0. The fourth-order valence-corrected chi connectivity index (χ4v) is 3.86. The van der Waals surface area contributed by atoms with E-state index in [1.54, 1.807) is 24.3 Å². The largest absolute Gasteiger partial charge is 0.493 e. The van der Waals surface area contributed by atoms with Gasteiger partial charge in [-0.05, 0) is 60.0 Å². The van der Waals surface area contributed by atoms with Crippen LogP contribution in [-0.4, -0.2) is 44.7 Å². The molecule has 1 atom stereocenters. The molecule has 0 saturated carbocycles. The van der Waals surface area contributed by atoms with Crippen molar-refractivity contribution < 1.29 is 27.9 Å². The first-order chi connectivity index (χ1) is 15.2. The van der Waals surface area contributed by atoms with Gasteiger partial charge in [0.15, 0.2) is 0 Å². The quantitative estimate of drug-likeness (QED) is 0.0926. The van der Waals surface area contributed by atoms with Crippen LogP contribution in [0.4, 0.5) is 5.69 Å². The number of aliphatic carboxylic acids is 1. The summed E-state index contributed by atoms with van der Waals surface area (Å²) in [5.74, 6) is -0.772. The minimum absolute atomic E-state index is 0.0526. The van der Waals surface area contributed by atoms with Crippen LogP contribution >= 0.6 is 0 Å². The van der Waals surface area contributed by atoms with Gasteiger partial charge < -0.3 is 31.9 Å². The second-order valence-electron chi connectivity index (χ2n) is 6.82. The lowest BCUT2D eigenvalue weighted by atomic mass is 10.1. The maximum Gasteiger partial charge on any atom is 0.321 e. The molecular formula is C20H27N5O6S. The van der Waals surface area contributed by atoms with Crippen LogP contribution in [0.25, 0.3) is 0 Å². The van der Waals surface area contributed by atoms with E-state index in [4.69, 9.17) is 26.8 Å². The molecule has 0 radical (unpaired) electrons. The minimum Gasteiger partial charge on any atom is -0.493 e. The molecule has 2 aromatic rings. The molecule has 0 amide bonds. The van der Waals surface area contributed by atoms with Crippen molar-refractivity contribution in [3.05, 3.63) is 54.1 Å². The van der Waals surface area contributed by atoms with E-state index < -0.39 is 22.0 Å². The molecule has 0 unspecified atom stereocenters. The molecule has 12 heteroatoms. The Balaban J connectivity index is 1.85. The molecular weight excluding hydrogens is 438 g/mol. The first-order valence-electron chi connectivity index (χ1n) is 9.70. The Bertz CT molecular complexity index is 1010. The van der Waals surface area contributed by atoms with Crippen molar-refractivity contribution in [1.29, 1.82) is 0 Å². The molecule has 0 aliphatic rings. The summed E-state index contributed by atoms with van der Waals surface area (Å²) in [5, 5.41) is 12.8. The third kappa shape index (κ3) is 8.32. The fraction of sp³-hybridized carbons (Fsp3) is 0.300. The van der Waals surface area contributed by atoms with Gasteiger partial charge in [-0.1, -0.05) is 12.1 Å². The number of rotatable bonds is 13. The Hall–Kier alpha value is -3.51. The molecule has 0 aliphatic carbocycles. The number of nitrogens with two attached hydrogens (primary N) is 3. The Morgan fingerprint density at radius 3 is 2.31 bits per heavy atom. The number of aryl methyl sites for hydroxylation is 1. The third-order valence-corrected chi connectivity index (χ3v) is 5.74. The number of ether oxygens (including phenoxy) is 1. The lowest BCUT2D eigenvalue weighted by Crippen LogP contribution is -2.41. The van der Waals surface area contributed by atoms with Crippen LogP contribution in [0.3, 0.4) is 0 Å². The van der Waals surface area contributed by atoms with E-state index in [9.17, 15) is 18.3 Å². The zero-order valence-electron chi connectivity index (χ0n) is 17.3. The highest BCUT2D eigenvalue weighted by Gasteiger charge is 2.25. The van der Waals surface area contributed by atoms with Crippen LogP contribution in [0.1, 0.15) is 18.4 Å². The molecule has 0 aromatic heterocycles.